The largest absolute Gasteiger partial charge is 0.378 e. The van der Waals surface area contributed by atoms with Gasteiger partial charge in [-0.3, -0.25) is 9.97 Å². The number of halogens is 1. The van der Waals surface area contributed by atoms with Crippen LogP contribution in [0.2, 0.25) is 0 Å². The second-order valence-corrected chi connectivity index (χ2v) is 4.91. The normalized spacial score (nSPS) is 12.3. The summed E-state index contributed by atoms with van der Waals surface area (Å²) in [5.74, 6) is -0.270. The average Bonchev–Trinajstić information content (AvgIpc) is 2.53. The van der Waals surface area contributed by atoms with Crippen molar-refractivity contribution < 1.29 is 4.39 Å². The van der Waals surface area contributed by atoms with Gasteiger partial charge in [0, 0.05) is 35.7 Å². The molecule has 1 unspecified atom stereocenters. The maximum atomic E-state index is 13.3. The van der Waals surface area contributed by atoms with Crippen molar-refractivity contribution in [2.45, 2.75) is 19.4 Å². The van der Waals surface area contributed by atoms with Crippen molar-refractivity contribution in [2.24, 2.45) is 0 Å². The van der Waals surface area contributed by atoms with Gasteiger partial charge < -0.3 is 5.32 Å². The molecule has 3 aromatic rings. The first kappa shape index (κ1) is 13.5. The van der Waals surface area contributed by atoms with E-state index in [1.54, 1.807) is 24.7 Å². The second-order valence-electron chi connectivity index (χ2n) is 4.91. The first-order valence-corrected chi connectivity index (χ1v) is 6.98. The topological polar surface area (TPSA) is 37.8 Å². The lowest BCUT2D eigenvalue weighted by molar-refractivity contribution is 0.629. The van der Waals surface area contributed by atoms with Crippen LogP contribution in [0, 0.1) is 5.82 Å². The van der Waals surface area contributed by atoms with E-state index in [0.717, 1.165) is 17.5 Å². The van der Waals surface area contributed by atoms with Gasteiger partial charge in [-0.15, -0.1) is 0 Å². The number of benzene rings is 1. The molecule has 3 rings (SSSR count). The highest BCUT2D eigenvalue weighted by Gasteiger charge is 2.11. The lowest BCUT2D eigenvalue weighted by Gasteiger charge is -2.19. The Hall–Kier alpha value is -2.49. The van der Waals surface area contributed by atoms with Crippen LogP contribution in [0.4, 0.5) is 10.1 Å². The molecule has 1 atom stereocenters. The molecule has 1 aromatic carbocycles. The molecule has 0 aliphatic heterocycles. The molecule has 0 saturated heterocycles. The first-order chi connectivity index (χ1) is 10.3. The van der Waals surface area contributed by atoms with Crippen LogP contribution in [0.15, 0.2) is 55.0 Å². The van der Waals surface area contributed by atoms with Crippen molar-refractivity contribution in [3.63, 3.8) is 0 Å². The van der Waals surface area contributed by atoms with Gasteiger partial charge in [-0.25, -0.2) is 4.39 Å². The summed E-state index contributed by atoms with van der Waals surface area (Å²) in [4.78, 5) is 8.27. The van der Waals surface area contributed by atoms with E-state index < -0.39 is 0 Å². The highest BCUT2D eigenvalue weighted by atomic mass is 19.1. The molecule has 21 heavy (non-hydrogen) atoms. The molecule has 4 heteroatoms. The fraction of sp³-hybridized carbons (Fsp3) is 0.176. The van der Waals surface area contributed by atoms with E-state index in [-0.39, 0.29) is 11.9 Å². The van der Waals surface area contributed by atoms with Crippen LogP contribution in [-0.2, 0) is 0 Å². The standard InChI is InChI=1S/C17H16FN3/c1-2-15(12-5-8-19-9-6-12)21-16-7-10-20-17-11-13(18)3-4-14(16)17/h3-11,15H,2H2,1H3,(H,20,21). The highest BCUT2D eigenvalue weighted by molar-refractivity contribution is 5.91. The summed E-state index contributed by atoms with van der Waals surface area (Å²) in [6.07, 6.45) is 6.22. The third-order valence-electron chi connectivity index (χ3n) is 3.55. The number of aromatic nitrogens is 2. The summed E-state index contributed by atoms with van der Waals surface area (Å²) in [5, 5.41) is 4.44. The van der Waals surface area contributed by atoms with Crippen LogP contribution in [0.5, 0.6) is 0 Å². The lowest BCUT2D eigenvalue weighted by atomic mass is 10.0. The summed E-state index contributed by atoms with van der Waals surface area (Å²) in [5.41, 5.74) is 2.80. The third-order valence-corrected chi connectivity index (χ3v) is 3.55. The molecule has 0 amide bonds. The summed E-state index contributed by atoms with van der Waals surface area (Å²) in [7, 11) is 0. The molecular formula is C17H16FN3. The van der Waals surface area contributed by atoms with Crippen molar-refractivity contribution in [3.05, 3.63) is 66.4 Å². The number of fused-ring (bicyclic) bond motifs is 1. The van der Waals surface area contributed by atoms with Gasteiger partial charge >= 0.3 is 0 Å². The Bertz CT molecular complexity index is 743. The Labute approximate surface area is 122 Å². The van der Waals surface area contributed by atoms with Crippen LogP contribution in [0.25, 0.3) is 10.9 Å². The quantitative estimate of drug-likeness (QED) is 0.773. The summed E-state index contributed by atoms with van der Waals surface area (Å²) >= 11 is 0. The van der Waals surface area contributed by atoms with Crippen LogP contribution >= 0.6 is 0 Å². The van der Waals surface area contributed by atoms with Crippen molar-refractivity contribution in [1.29, 1.82) is 0 Å². The average molecular weight is 281 g/mol. The van der Waals surface area contributed by atoms with E-state index in [1.165, 1.54) is 17.7 Å². The third kappa shape index (κ3) is 2.84. The van der Waals surface area contributed by atoms with Gasteiger partial charge in [0.1, 0.15) is 5.82 Å². The Morgan fingerprint density at radius 2 is 1.90 bits per heavy atom. The SMILES string of the molecule is CCC(Nc1ccnc2cc(F)ccc12)c1ccncc1. The minimum Gasteiger partial charge on any atom is -0.378 e. The van der Waals surface area contributed by atoms with Crippen molar-refractivity contribution in [2.75, 3.05) is 5.32 Å². The van der Waals surface area contributed by atoms with Gasteiger partial charge in [-0.05, 0) is 42.3 Å². The molecule has 0 spiro atoms. The highest BCUT2D eigenvalue weighted by Crippen LogP contribution is 2.27. The summed E-state index contributed by atoms with van der Waals surface area (Å²) in [6, 6.07) is 10.8. The zero-order chi connectivity index (χ0) is 14.7. The monoisotopic (exact) mass is 281 g/mol. The maximum Gasteiger partial charge on any atom is 0.125 e. The van der Waals surface area contributed by atoms with Gasteiger partial charge in [0.15, 0.2) is 0 Å². The van der Waals surface area contributed by atoms with E-state index in [1.807, 2.05) is 18.2 Å². The van der Waals surface area contributed by atoms with E-state index in [2.05, 4.69) is 22.2 Å². The zero-order valence-corrected chi connectivity index (χ0v) is 11.8. The molecule has 0 fully saturated rings. The van der Waals surface area contributed by atoms with Crippen LogP contribution in [0.3, 0.4) is 0 Å². The Morgan fingerprint density at radius 3 is 2.67 bits per heavy atom. The van der Waals surface area contributed by atoms with E-state index in [9.17, 15) is 4.39 Å². The molecule has 0 aliphatic carbocycles. The number of anilines is 1. The van der Waals surface area contributed by atoms with E-state index in [0.29, 0.717) is 5.52 Å². The summed E-state index contributed by atoms with van der Waals surface area (Å²) < 4.78 is 13.3. The molecule has 0 radical (unpaired) electrons. The lowest BCUT2D eigenvalue weighted by Crippen LogP contribution is -2.10. The minimum absolute atomic E-state index is 0.184. The molecule has 106 valence electrons. The molecule has 2 heterocycles. The van der Waals surface area contributed by atoms with Crippen LogP contribution in [-0.4, -0.2) is 9.97 Å². The Balaban J connectivity index is 1.97. The predicted octanol–water partition coefficient (Wildman–Crippen LogP) is 4.33. The van der Waals surface area contributed by atoms with Gasteiger partial charge in [0.2, 0.25) is 0 Å². The van der Waals surface area contributed by atoms with Gasteiger partial charge in [0.25, 0.3) is 0 Å². The zero-order valence-electron chi connectivity index (χ0n) is 11.8. The first-order valence-electron chi connectivity index (χ1n) is 6.98. The smallest absolute Gasteiger partial charge is 0.125 e. The number of nitrogens with one attached hydrogen (secondary N) is 1. The number of nitrogens with zero attached hydrogens (tertiary/aromatic N) is 2. The molecule has 0 saturated carbocycles. The maximum absolute atomic E-state index is 13.3. The summed E-state index contributed by atoms with van der Waals surface area (Å²) in [6.45, 7) is 2.13. The number of hydrogen-bond acceptors (Lipinski definition) is 3. The predicted molar refractivity (Wildman–Crippen MR) is 82.6 cm³/mol. The van der Waals surface area contributed by atoms with Gasteiger partial charge in [0.05, 0.1) is 11.6 Å². The number of rotatable bonds is 4. The van der Waals surface area contributed by atoms with Gasteiger partial charge in [-0.2, -0.15) is 0 Å². The molecule has 2 aromatic heterocycles. The van der Waals surface area contributed by atoms with Crippen molar-refractivity contribution in [1.82, 2.24) is 9.97 Å². The van der Waals surface area contributed by atoms with Crippen molar-refractivity contribution >= 4 is 16.6 Å². The van der Waals surface area contributed by atoms with E-state index >= 15 is 0 Å². The Morgan fingerprint density at radius 1 is 1.10 bits per heavy atom. The van der Waals surface area contributed by atoms with Crippen LogP contribution < -0.4 is 5.32 Å². The molecule has 0 bridgehead atoms. The second kappa shape index (κ2) is 5.87. The Kier molecular flexibility index (Phi) is 3.77. The van der Waals surface area contributed by atoms with E-state index in [4.69, 9.17) is 0 Å². The number of hydrogen-bond donors (Lipinski definition) is 1. The molecule has 0 aliphatic rings. The molecule has 3 nitrogen and oxygen atoms in total. The molecule has 1 N–H and O–H groups in total. The fourth-order valence-corrected chi connectivity index (χ4v) is 2.45. The molecular weight excluding hydrogens is 265 g/mol. The van der Waals surface area contributed by atoms with Crippen molar-refractivity contribution in [3.8, 4) is 0 Å². The number of pyridine rings is 2. The fourth-order valence-electron chi connectivity index (χ4n) is 2.45. The van der Waals surface area contributed by atoms with Crippen LogP contribution in [0.1, 0.15) is 24.9 Å². The van der Waals surface area contributed by atoms with Gasteiger partial charge in [-0.1, -0.05) is 6.92 Å². The minimum atomic E-state index is -0.270.